The summed E-state index contributed by atoms with van der Waals surface area (Å²) < 4.78 is 5.81. The molecule has 2 nitrogen and oxygen atoms in total. The smallest absolute Gasteiger partial charge is 0.122 e. The predicted molar refractivity (Wildman–Crippen MR) is 77.3 cm³/mol. The van der Waals surface area contributed by atoms with Gasteiger partial charge in [-0.2, -0.15) is 11.3 Å². The highest BCUT2D eigenvalue weighted by molar-refractivity contribution is 7.07. The van der Waals surface area contributed by atoms with Gasteiger partial charge in [-0.05, 0) is 53.4 Å². The second kappa shape index (κ2) is 6.03. The first-order valence-electron chi connectivity index (χ1n) is 6.17. The van der Waals surface area contributed by atoms with Crippen molar-refractivity contribution >= 4 is 11.3 Å². The summed E-state index contributed by atoms with van der Waals surface area (Å²) in [6, 6.07) is 8.37. The van der Waals surface area contributed by atoms with E-state index in [9.17, 15) is 0 Å². The Bertz CT molecular complexity index is 491. The number of aryl methyl sites for hydroxylation is 1. The summed E-state index contributed by atoms with van der Waals surface area (Å²) in [4.78, 5) is 0. The second-order valence-corrected chi connectivity index (χ2v) is 5.32. The molecule has 0 saturated carbocycles. The highest BCUT2D eigenvalue weighted by Gasteiger charge is 2.04. The Morgan fingerprint density at radius 1 is 1.33 bits per heavy atom. The van der Waals surface area contributed by atoms with Crippen LogP contribution in [0.5, 0.6) is 5.75 Å². The summed E-state index contributed by atoms with van der Waals surface area (Å²) in [6.45, 7) is 4.77. The third-order valence-electron chi connectivity index (χ3n) is 2.95. The quantitative estimate of drug-likeness (QED) is 0.890. The van der Waals surface area contributed by atoms with Crippen LogP contribution in [0.2, 0.25) is 0 Å². The van der Waals surface area contributed by atoms with Crippen molar-refractivity contribution in [2.45, 2.75) is 26.3 Å². The van der Waals surface area contributed by atoms with Crippen LogP contribution < -0.4 is 10.5 Å². The van der Waals surface area contributed by atoms with Crippen LogP contribution in [-0.4, -0.2) is 6.61 Å². The first-order chi connectivity index (χ1) is 8.66. The SMILES string of the molecule is Cc1cc([C@@H](C)N)ccc1OCCc1ccsc1. The predicted octanol–water partition coefficient (Wildman–Crippen LogP) is 3.70. The van der Waals surface area contributed by atoms with E-state index in [1.807, 2.05) is 19.1 Å². The number of hydrogen-bond acceptors (Lipinski definition) is 3. The Balaban J connectivity index is 1.93. The van der Waals surface area contributed by atoms with E-state index in [0.29, 0.717) is 0 Å². The molecule has 0 fully saturated rings. The zero-order valence-electron chi connectivity index (χ0n) is 10.8. The van der Waals surface area contributed by atoms with Gasteiger partial charge in [0, 0.05) is 12.5 Å². The van der Waals surface area contributed by atoms with E-state index < -0.39 is 0 Å². The first-order valence-corrected chi connectivity index (χ1v) is 7.11. The number of hydrogen-bond donors (Lipinski definition) is 1. The molecule has 0 amide bonds. The maximum atomic E-state index is 5.86. The fourth-order valence-electron chi connectivity index (χ4n) is 1.83. The van der Waals surface area contributed by atoms with E-state index in [2.05, 4.69) is 29.8 Å². The van der Waals surface area contributed by atoms with Crippen LogP contribution in [0.25, 0.3) is 0 Å². The maximum absolute atomic E-state index is 5.86. The minimum absolute atomic E-state index is 0.0727. The molecule has 0 unspecified atom stereocenters. The summed E-state index contributed by atoms with van der Waals surface area (Å²) in [5.41, 5.74) is 9.49. The third kappa shape index (κ3) is 3.34. The molecule has 0 aliphatic rings. The van der Waals surface area contributed by atoms with E-state index in [-0.39, 0.29) is 6.04 Å². The molecular weight excluding hydrogens is 242 g/mol. The van der Waals surface area contributed by atoms with Gasteiger partial charge in [-0.3, -0.25) is 0 Å². The molecule has 0 aliphatic carbocycles. The van der Waals surface area contributed by atoms with E-state index in [1.54, 1.807) is 11.3 Å². The van der Waals surface area contributed by atoms with Crippen molar-refractivity contribution in [2.75, 3.05) is 6.61 Å². The van der Waals surface area contributed by atoms with Crippen LogP contribution in [0.4, 0.5) is 0 Å². The van der Waals surface area contributed by atoms with Crippen molar-refractivity contribution in [1.29, 1.82) is 0 Å². The monoisotopic (exact) mass is 261 g/mol. The van der Waals surface area contributed by atoms with Gasteiger partial charge in [-0.25, -0.2) is 0 Å². The van der Waals surface area contributed by atoms with Crippen LogP contribution in [0.3, 0.4) is 0 Å². The molecule has 1 heterocycles. The number of rotatable bonds is 5. The van der Waals surface area contributed by atoms with Crippen LogP contribution in [0, 0.1) is 6.92 Å². The number of nitrogens with two attached hydrogens (primary N) is 1. The third-order valence-corrected chi connectivity index (χ3v) is 3.69. The molecule has 2 aromatic rings. The molecule has 1 atom stereocenters. The van der Waals surface area contributed by atoms with Crippen LogP contribution >= 0.6 is 11.3 Å². The van der Waals surface area contributed by atoms with Gasteiger partial charge in [0.1, 0.15) is 5.75 Å². The standard InChI is InChI=1S/C15H19NOS/c1-11-9-14(12(2)16)3-4-15(11)17-7-5-13-6-8-18-10-13/h3-4,6,8-10,12H,5,7,16H2,1-2H3/t12-/m1/s1. The highest BCUT2D eigenvalue weighted by Crippen LogP contribution is 2.22. The lowest BCUT2D eigenvalue weighted by molar-refractivity contribution is 0.320. The summed E-state index contributed by atoms with van der Waals surface area (Å²) in [5, 5.41) is 4.26. The van der Waals surface area contributed by atoms with Crippen molar-refractivity contribution in [2.24, 2.45) is 5.73 Å². The average Bonchev–Trinajstić information content (AvgIpc) is 2.84. The molecule has 0 bridgehead atoms. The summed E-state index contributed by atoms with van der Waals surface area (Å²) in [7, 11) is 0. The fourth-order valence-corrected chi connectivity index (χ4v) is 2.53. The number of ether oxygens (including phenoxy) is 1. The molecule has 3 heteroatoms. The zero-order chi connectivity index (χ0) is 13.0. The Labute approximate surface area is 112 Å². The van der Waals surface area contributed by atoms with Gasteiger partial charge in [0.25, 0.3) is 0 Å². The van der Waals surface area contributed by atoms with Gasteiger partial charge in [0.15, 0.2) is 0 Å². The van der Waals surface area contributed by atoms with Crippen molar-refractivity contribution < 1.29 is 4.74 Å². The van der Waals surface area contributed by atoms with Gasteiger partial charge in [0.05, 0.1) is 6.61 Å². The Morgan fingerprint density at radius 2 is 2.17 bits per heavy atom. The van der Waals surface area contributed by atoms with E-state index in [4.69, 9.17) is 10.5 Å². The second-order valence-electron chi connectivity index (χ2n) is 4.54. The Morgan fingerprint density at radius 3 is 2.78 bits per heavy atom. The molecule has 0 aliphatic heterocycles. The lowest BCUT2D eigenvalue weighted by Crippen LogP contribution is -2.06. The average molecular weight is 261 g/mol. The molecule has 1 aromatic carbocycles. The Hall–Kier alpha value is -1.32. The van der Waals surface area contributed by atoms with Gasteiger partial charge < -0.3 is 10.5 Å². The van der Waals surface area contributed by atoms with Crippen molar-refractivity contribution in [3.05, 3.63) is 51.7 Å². The van der Waals surface area contributed by atoms with Crippen molar-refractivity contribution in [3.63, 3.8) is 0 Å². The Kier molecular flexibility index (Phi) is 4.39. The largest absolute Gasteiger partial charge is 0.493 e. The molecule has 2 N–H and O–H groups in total. The fraction of sp³-hybridized carbons (Fsp3) is 0.333. The van der Waals surface area contributed by atoms with E-state index >= 15 is 0 Å². The molecule has 2 rings (SSSR count). The van der Waals surface area contributed by atoms with Crippen LogP contribution in [-0.2, 0) is 6.42 Å². The minimum atomic E-state index is 0.0727. The molecule has 0 spiro atoms. The molecule has 18 heavy (non-hydrogen) atoms. The lowest BCUT2D eigenvalue weighted by Gasteiger charge is -2.12. The molecule has 0 saturated heterocycles. The summed E-state index contributed by atoms with van der Waals surface area (Å²) in [6.07, 6.45) is 0.956. The first kappa shape index (κ1) is 13.1. The van der Waals surface area contributed by atoms with Crippen LogP contribution in [0.1, 0.15) is 29.7 Å². The molecule has 96 valence electrons. The minimum Gasteiger partial charge on any atom is -0.493 e. The van der Waals surface area contributed by atoms with Crippen molar-refractivity contribution in [3.8, 4) is 5.75 Å². The molecular formula is C15H19NOS. The molecule has 0 radical (unpaired) electrons. The van der Waals surface area contributed by atoms with Crippen molar-refractivity contribution in [1.82, 2.24) is 0 Å². The highest BCUT2D eigenvalue weighted by atomic mass is 32.1. The summed E-state index contributed by atoms with van der Waals surface area (Å²) in [5.74, 6) is 0.953. The van der Waals surface area contributed by atoms with E-state index in [1.165, 1.54) is 5.56 Å². The van der Waals surface area contributed by atoms with Crippen LogP contribution in [0.15, 0.2) is 35.0 Å². The number of thiophene rings is 1. The zero-order valence-corrected chi connectivity index (χ0v) is 11.7. The summed E-state index contributed by atoms with van der Waals surface area (Å²) >= 11 is 1.72. The maximum Gasteiger partial charge on any atom is 0.122 e. The lowest BCUT2D eigenvalue weighted by atomic mass is 10.1. The van der Waals surface area contributed by atoms with E-state index in [0.717, 1.165) is 29.9 Å². The normalized spacial score (nSPS) is 12.4. The van der Waals surface area contributed by atoms with Gasteiger partial charge in [-0.15, -0.1) is 0 Å². The van der Waals surface area contributed by atoms with Gasteiger partial charge in [-0.1, -0.05) is 12.1 Å². The molecule has 1 aromatic heterocycles. The topological polar surface area (TPSA) is 35.2 Å². The van der Waals surface area contributed by atoms with Gasteiger partial charge in [0.2, 0.25) is 0 Å². The van der Waals surface area contributed by atoms with Gasteiger partial charge >= 0.3 is 0 Å². The number of benzene rings is 1.